The fourth-order valence-electron chi connectivity index (χ4n) is 2.79. The van der Waals surface area contributed by atoms with E-state index in [2.05, 4.69) is 20.6 Å². The van der Waals surface area contributed by atoms with E-state index in [1.807, 2.05) is 30.3 Å². The first-order valence-corrected chi connectivity index (χ1v) is 9.78. The van der Waals surface area contributed by atoms with E-state index in [1.54, 1.807) is 0 Å². The summed E-state index contributed by atoms with van der Waals surface area (Å²) in [4.78, 5) is 20.4. The highest BCUT2D eigenvalue weighted by molar-refractivity contribution is 7.99. The molecule has 1 heterocycles. The van der Waals surface area contributed by atoms with Crippen molar-refractivity contribution in [3.05, 3.63) is 47.2 Å². The van der Waals surface area contributed by atoms with E-state index in [1.165, 1.54) is 30.9 Å². The largest absolute Gasteiger partial charge is 0.366 e. The molecule has 25 heavy (non-hydrogen) atoms. The first kappa shape index (κ1) is 18.0. The molecule has 1 aromatic carbocycles. The van der Waals surface area contributed by atoms with Crippen molar-refractivity contribution in [1.29, 1.82) is 0 Å². The highest BCUT2D eigenvalue weighted by atomic mass is 35.5. The van der Waals surface area contributed by atoms with Gasteiger partial charge in [-0.3, -0.25) is 4.79 Å². The number of rotatable bonds is 7. The van der Waals surface area contributed by atoms with Crippen LogP contribution >= 0.6 is 23.4 Å². The molecule has 7 heteroatoms. The maximum Gasteiger partial charge on any atom is 0.230 e. The van der Waals surface area contributed by atoms with Gasteiger partial charge in [-0.2, -0.15) is 0 Å². The normalized spacial score (nSPS) is 14.4. The van der Waals surface area contributed by atoms with Crippen molar-refractivity contribution in [2.45, 2.75) is 43.3 Å². The number of anilines is 1. The van der Waals surface area contributed by atoms with Crippen molar-refractivity contribution in [1.82, 2.24) is 15.3 Å². The summed E-state index contributed by atoms with van der Waals surface area (Å²) in [6.07, 6.45) is 6.14. The average Bonchev–Trinajstić information content (AvgIpc) is 3.13. The fraction of sp³-hybridized carbons (Fsp3) is 0.389. The molecular weight excluding hydrogens is 356 g/mol. The van der Waals surface area contributed by atoms with Crippen molar-refractivity contribution >= 4 is 35.1 Å². The lowest BCUT2D eigenvalue weighted by Gasteiger charge is -2.11. The zero-order valence-electron chi connectivity index (χ0n) is 13.9. The van der Waals surface area contributed by atoms with Crippen LogP contribution in [0.1, 0.15) is 31.2 Å². The number of amides is 1. The topological polar surface area (TPSA) is 66.9 Å². The highest BCUT2D eigenvalue weighted by Gasteiger charge is 2.17. The number of halogens is 1. The highest BCUT2D eigenvalue weighted by Crippen LogP contribution is 2.20. The van der Waals surface area contributed by atoms with Gasteiger partial charge in [-0.1, -0.05) is 48.3 Å². The minimum atomic E-state index is 0.0752. The molecule has 1 fully saturated rings. The van der Waals surface area contributed by atoms with Gasteiger partial charge in [0.1, 0.15) is 17.2 Å². The van der Waals surface area contributed by atoms with Crippen LogP contribution in [-0.2, 0) is 11.3 Å². The van der Waals surface area contributed by atoms with Crippen LogP contribution in [0.4, 0.5) is 5.82 Å². The Morgan fingerprint density at radius 1 is 1.20 bits per heavy atom. The van der Waals surface area contributed by atoms with Crippen molar-refractivity contribution in [2.24, 2.45) is 0 Å². The van der Waals surface area contributed by atoms with Crippen molar-refractivity contribution in [3.8, 4) is 0 Å². The number of benzene rings is 1. The number of carbonyl (C=O) groups is 1. The van der Waals surface area contributed by atoms with Crippen molar-refractivity contribution in [2.75, 3.05) is 11.1 Å². The van der Waals surface area contributed by atoms with Crippen LogP contribution in [0.3, 0.4) is 0 Å². The molecule has 0 bridgehead atoms. The van der Waals surface area contributed by atoms with Gasteiger partial charge in [-0.15, -0.1) is 0 Å². The Kier molecular flexibility index (Phi) is 6.53. The Bertz CT molecular complexity index is 704. The summed E-state index contributed by atoms with van der Waals surface area (Å²) in [6.45, 7) is 0.653. The second kappa shape index (κ2) is 9.06. The van der Waals surface area contributed by atoms with Crippen molar-refractivity contribution in [3.63, 3.8) is 0 Å². The standard InChI is InChI=1S/C18H21ClN4OS/c19-14-7-5-13(6-8-14)10-20-16-9-18(22-12-21-16)25-11-17(24)23-15-3-1-2-4-15/h5-9,12,15H,1-4,10-11H2,(H,23,24)(H,20,21,22). The maximum absolute atomic E-state index is 12.0. The number of hydrogen-bond donors (Lipinski definition) is 2. The molecule has 0 spiro atoms. The second-order valence-corrected chi connectivity index (χ2v) is 7.49. The molecule has 3 rings (SSSR count). The van der Waals surface area contributed by atoms with Gasteiger partial charge in [0.2, 0.25) is 5.91 Å². The molecule has 2 N–H and O–H groups in total. The Balaban J connectivity index is 1.47. The quantitative estimate of drug-likeness (QED) is 0.566. The van der Waals surface area contributed by atoms with E-state index >= 15 is 0 Å². The molecule has 5 nitrogen and oxygen atoms in total. The molecule has 1 amide bonds. The smallest absolute Gasteiger partial charge is 0.230 e. The average molecular weight is 377 g/mol. The summed E-state index contributed by atoms with van der Waals surface area (Å²) in [5.41, 5.74) is 1.12. The van der Waals surface area contributed by atoms with Gasteiger partial charge in [0, 0.05) is 23.7 Å². The predicted octanol–water partition coefficient (Wildman–Crippen LogP) is 3.89. The number of aromatic nitrogens is 2. The summed E-state index contributed by atoms with van der Waals surface area (Å²) in [7, 11) is 0. The molecule has 1 saturated carbocycles. The zero-order chi connectivity index (χ0) is 17.5. The predicted molar refractivity (Wildman–Crippen MR) is 102 cm³/mol. The van der Waals surface area contributed by atoms with Crippen LogP contribution in [0.2, 0.25) is 5.02 Å². The Morgan fingerprint density at radius 2 is 1.96 bits per heavy atom. The van der Waals surface area contributed by atoms with Crippen LogP contribution in [0, 0.1) is 0 Å². The first-order valence-electron chi connectivity index (χ1n) is 8.41. The minimum absolute atomic E-state index is 0.0752. The molecule has 132 valence electrons. The van der Waals surface area contributed by atoms with E-state index in [-0.39, 0.29) is 5.91 Å². The van der Waals surface area contributed by atoms with Gasteiger partial charge >= 0.3 is 0 Å². The van der Waals surface area contributed by atoms with Crippen LogP contribution in [0.15, 0.2) is 41.7 Å². The third-order valence-corrected chi connectivity index (χ3v) is 5.28. The lowest BCUT2D eigenvalue weighted by Crippen LogP contribution is -2.33. The minimum Gasteiger partial charge on any atom is -0.366 e. The van der Waals surface area contributed by atoms with Crippen LogP contribution < -0.4 is 10.6 Å². The van der Waals surface area contributed by atoms with Gasteiger partial charge in [0.15, 0.2) is 0 Å². The molecule has 1 aromatic heterocycles. The molecule has 0 aliphatic heterocycles. The Labute approximate surface area is 157 Å². The summed E-state index contributed by atoms with van der Waals surface area (Å²) in [5.74, 6) is 1.19. The molecule has 1 aliphatic carbocycles. The van der Waals surface area contributed by atoms with E-state index < -0.39 is 0 Å². The summed E-state index contributed by atoms with van der Waals surface area (Å²) >= 11 is 7.32. The monoisotopic (exact) mass is 376 g/mol. The number of nitrogens with zero attached hydrogens (tertiary/aromatic N) is 2. The summed E-state index contributed by atoms with van der Waals surface area (Å²) in [6, 6.07) is 9.89. The van der Waals surface area contributed by atoms with Crippen LogP contribution in [-0.4, -0.2) is 27.7 Å². The number of carbonyl (C=O) groups excluding carboxylic acids is 1. The second-order valence-electron chi connectivity index (χ2n) is 6.06. The van der Waals surface area contributed by atoms with Gasteiger partial charge in [0.05, 0.1) is 5.75 Å². The van der Waals surface area contributed by atoms with Crippen molar-refractivity contribution < 1.29 is 4.79 Å². The van der Waals surface area contributed by atoms with Gasteiger partial charge in [-0.05, 0) is 30.5 Å². The van der Waals surface area contributed by atoms with Crippen LogP contribution in [0.5, 0.6) is 0 Å². The lowest BCUT2D eigenvalue weighted by molar-refractivity contribution is -0.119. The number of thioether (sulfide) groups is 1. The van der Waals surface area contributed by atoms with E-state index in [0.29, 0.717) is 18.3 Å². The maximum atomic E-state index is 12.0. The molecule has 0 atom stereocenters. The molecule has 0 saturated heterocycles. The molecule has 1 aliphatic rings. The van der Waals surface area contributed by atoms with Gasteiger partial charge in [-0.25, -0.2) is 9.97 Å². The summed E-state index contributed by atoms with van der Waals surface area (Å²) in [5, 5.41) is 7.85. The third-order valence-electron chi connectivity index (χ3n) is 4.10. The Morgan fingerprint density at radius 3 is 2.72 bits per heavy atom. The lowest BCUT2D eigenvalue weighted by atomic mass is 10.2. The molecule has 0 unspecified atom stereocenters. The number of hydrogen-bond acceptors (Lipinski definition) is 5. The Hall–Kier alpha value is -1.79. The number of nitrogens with one attached hydrogen (secondary N) is 2. The molecule has 2 aromatic rings. The van der Waals surface area contributed by atoms with Gasteiger partial charge < -0.3 is 10.6 Å². The zero-order valence-corrected chi connectivity index (χ0v) is 15.4. The molecular formula is C18H21ClN4OS. The summed E-state index contributed by atoms with van der Waals surface area (Å²) < 4.78 is 0. The third kappa shape index (κ3) is 5.90. The van der Waals surface area contributed by atoms with E-state index in [0.717, 1.165) is 34.3 Å². The van der Waals surface area contributed by atoms with E-state index in [9.17, 15) is 4.79 Å². The fourth-order valence-corrected chi connectivity index (χ4v) is 3.59. The van der Waals surface area contributed by atoms with Gasteiger partial charge in [0.25, 0.3) is 0 Å². The first-order chi connectivity index (χ1) is 12.2. The molecule has 0 radical (unpaired) electrons. The van der Waals surface area contributed by atoms with E-state index in [4.69, 9.17) is 11.6 Å². The SMILES string of the molecule is O=C(CSc1cc(NCc2ccc(Cl)cc2)ncn1)NC1CCCC1. The van der Waals surface area contributed by atoms with Crippen LogP contribution in [0.25, 0.3) is 0 Å².